The van der Waals surface area contributed by atoms with Gasteiger partial charge in [-0.3, -0.25) is 4.90 Å². The highest BCUT2D eigenvalue weighted by Crippen LogP contribution is 2.18. The normalized spacial score (nSPS) is 19.3. The van der Waals surface area contributed by atoms with Crippen molar-refractivity contribution in [3.63, 3.8) is 0 Å². The van der Waals surface area contributed by atoms with Gasteiger partial charge in [0.15, 0.2) is 0 Å². The topological polar surface area (TPSA) is 3.24 Å². The summed E-state index contributed by atoms with van der Waals surface area (Å²) in [6, 6.07) is 8.84. The summed E-state index contributed by atoms with van der Waals surface area (Å²) in [4.78, 5) is 2.57. The quantitative estimate of drug-likeness (QED) is 0.755. The van der Waals surface area contributed by atoms with Gasteiger partial charge in [0.05, 0.1) is 0 Å². The molecule has 0 spiro atoms. The molecular formula is C13H18IN. The van der Waals surface area contributed by atoms with E-state index in [4.69, 9.17) is 0 Å². The van der Waals surface area contributed by atoms with E-state index in [1.165, 1.54) is 35.1 Å². The molecule has 0 N–H and O–H groups in total. The van der Waals surface area contributed by atoms with Gasteiger partial charge in [-0.1, -0.05) is 19.1 Å². The zero-order chi connectivity index (χ0) is 10.7. The Morgan fingerprint density at radius 1 is 1.33 bits per heavy atom. The molecule has 0 bridgehead atoms. The van der Waals surface area contributed by atoms with E-state index < -0.39 is 0 Å². The van der Waals surface area contributed by atoms with E-state index in [2.05, 4.69) is 58.7 Å². The molecule has 0 amide bonds. The molecule has 1 aromatic carbocycles. The molecule has 1 aliphatic heterocycles. The van der Waals surface area contributed by atoms with Gasteiger partial charge in [0.25, 0.3) is 0 Å². The minimum atomic E-state index is 0.928. The summed E-state index contributed by atoms with van der Waals surface area (Å²) >= 11 is 2.38. The zero-order valence-corrected chi connectivity index (χ0v) is 11.4. The molecule has 1 nitrogen and oxygen atoms in total. The second-order valence-electron chi connectivity index (χ2n) is 4.59. The average molecular weight is 315 g/mol. The lowest BCUT2D eigenvalue weighted by atomic mass is 9.99. The molecule has 0 unspecified atom stereocenters. The van der Waals surface area contributed by atoms with Crippen LogP contribution in [0.3, 0.4) is 0 Å². The van der Waals surface area contributed by atoms with Crippen LogP contribution >= 0.6 is 22.6 Å². The Balaban J connectivity index is 1.92. The number of likely N-dealkylation sites (tertiary alicyclic amines) is 1. The Kier molecular flexibility index (Phi) is 4.03. The van der Waals surface area contributed by atoms with Crippen molar-refractivity contribution < 1.29 is 0 Å². The highest BCUT2D eigenvalue weighted by molar-refractivity contribution is 14.1. The van der Waals surface area contributed by atoms with Crippen molar-refractivity contribution in [2.24, 2.45) is 5.92 Å². The first-order valence-corrected chi connectivity index (χ1v) is 6.79. The minimum absolute atomic E-state index is 0.928. The molecular weight excluding hydrogens is 297 g/mol. The first kappa shape index (κ1) is 11.4. The number of piperidine rings is 1. The van der Waals surface area contributed by atoms with Crippen molar-refractivity contribution in [1.29, 1.82) is 0 Å². The molecule has 1 aliphatic rings. The minimum Gasteiger partial charge on any atom is -0.299 e. The first-order chi connectivity index (χ1) is 7.24. The van der Waals surface area contributed by atoms with Crippen LogP contribution < -0.4 is 0 Å². The van der Waals surface area contributed by atoms with Gasteiger partial charge in [-0.2, -0.15) is 0 Å². The lowest BCUT2D eigenvalue weighted by Gasteiger charge is -2.30. The smallest absolute Gasteiger partial charge is 0.0234 e. The number of rotatable bonds is 2. The molecule has 1 saturated heterocycles. The van der Waals surface area contributed by atoms with Gasteiger partial charge in [0, 0.05) is 10.1 Å². The molecule has 2 heteroatoms. The van der Waals surface area contributed by atoms with Crippen LogP contribution in [0.2, 0.25) is 0 Å². The standard InChI is InChI=1S/C13H18IN/c1-11-5-7-15(8-6-11)10-12-3-2-4-13(14)9-12/h2-4,9,11H,5-8,10H2,1H3. The van der Waals surface area contributed by atoms with E-state index in [9.17, 15) is 0 Å². The van der Waals surface area contributed by atoms with Crippen LogP contribution in [0.25, 0.3) is 0 Å². The summed E-state index contributed by atoms with van der Waals surface area (Å²) < 4.78 is 1.34. The van der Waals surface area contributed by atoms with Gasteiger partial charge >= 0.3 is 0 Å². The lowest BCUT2D eigenvalue weighted by molar-refractivity contribution is 0.185. The number of nitrogens with zero attached hydrogens (tertiary/aromatic N) is 1. The van der Waals surface area contributed by atoms with Crippen LogP contribution in [0.5, 0.6) is 0 Å². The Labute approximate surface area is 106 Å². The van der Waals surface area contributed by atoms with E-state index in [0.717, 1.165) is 12.5 Å². The van der Waals surface area contributed by atoms with Crippen molar-refractivity contribution in [2.45, 2.75) is 26.3 Å². The van der Waals surface area contributed by atoms with E-state index in [1.807, 2.05) is 0 Å². The van der Waals surface area contributed by atoms with Crippen molar-refractivity contribution in [3.8, 4) is 0 Å². The third-order valence-electron chi connectivity index (χ3n) is 3.17. The Morgan fingerprint density at radius 3 is 2.73 bits per heavy atom. The van der Waals surface area contributed by atoms with Crippen molar-refractivity contribution in [3.05, 3.63) is 33.4 Å². The maximum Gasteiger partial charge on any atom is 0.0234 e. The molecule has 0 saturated carbocycles. The maximum atomic E-state index is 2.57. The van der Waals surface area contributed by atoms with Crippen LogP contribution in [0.15, 0.2) is 24.3 Å². The van der Waals surface area contributed by atoms with Gasteiger partial charge < -0.3 is 0 Å². The second kappa shape index (κ2) is 5.30. The van der Waals surface area contributed by atoms with Crippen molar-refractivity contribution in [2.75, 3.05) is 13.1 Å². The summed E-state index contributed by atoms with van der Waals surface area (Å²) in [5.41, 5.74) is 1.46. The SMILES string of the molecule is CC1CCN(Cc2cccc(I)c2)CC1. The van der Waals surface area contributed by atoms with Crippen LogP contribution in [0.1, 0.15) is 25.3 Å². The van der Waals surface area contributed by atoms with Crippen LogP contribution in [0, 0.1) is 9.49 Å². The average Bonchev–Trinajstić information content (AvgIpc) is 2.22. The summed E-state index contributed by atoms with van der Waals surface area (Å²) in [5.74, 6) is 0.928. The summed E-state index contributed by atoms with van der Waals surface area (Å²) in [7, 11) is 0. The Hall–Kier alpha value is -0.0900. The predicted octanol–water partition coefficient (Wildman–Crippen LogP) is 3.52. The van der Waals surface area contributed by atoms with Crippen LogP contribution in [0.4, 0.5) is 0 Å². The van der Waals surface area contributed by atoms with E-state index in [-0.39, 0.29) is 0 Å². The largest absolute Gasteiger partial charge is 0.299 e. The highest BCUT2D eigenvalue weighted by Gasteiger charge is 2.15. The molecule has 1 heterocycles. The molecule has 0 aliphatic carbocycles. The summed E-state index contributed by atoms with van der Waals surface area (Å²) in [6.45, 7) is 6.03. The number of hydrogen-bond donors (Lipinski definition) is 0. The number of halogens is 1. The Morgan fingerprint density at radius 2 is 2.07 bits per heavy atom. The fourth-order valence-electron chi connectivity index (χ4n) is 2.11. The predicted molar refractivity (Wildman–Crippen MR) is 72.8 cm³/mol. The highest BCUT2D eigenvalue weighted by atomic mass is 127. The van der Waals surface area contributed by atoms with Gasteiger partial charge in [0.1, 0.15) is 0 Å². The fourth-order valence-corrected chi connectivity index (χ4v) is 2.72. The van der Waals surface area contributed by atoms with Crippen LogP contribution in [-0.4, -0.2) is 18.0 Å². The molecule has 1 aromatic rings. The zero-order valence-electron chi connectivity index (χ0n) is 9.25. The molecule has 15 heavy (non-hydrogen) atoms. The Bertz CT molecular complexity index is 316. The third kappa shape index (κ3) is 3.45. The molecule has 2 rings (SSSR count). The molecule has 0 radical (unpaired) electrons. The summed E-state index contributed by atoms with van der Waals surface area (Å²) in [5, 5.41) is 0. The fraction of sp³-hybridized carbons (Fsp3) is 0.538. The van der Waals surface area contributed by atoms with Crippen molar-refractivity contribution >= 4 is 22.6 Å². The van der Waals surface area contributed by atoms with Gasteiger partial charge in [-0.05, 0) is 72.1 Å². The molecule has 82 valence electrons. The molecule has 0 aromatic heterocycles. The van der Waals surface area contributed by atoms with Crippen molar-refractivity contribution in [1.82, 2.24) is 4.90 Å². The second-order valence-corrected chi connectivity index (χ2v) is 5.83. The molecule has 0 atom stereocenters. The van der Waals surface area contributed by atoms with Gasteiger partial charge in [0.2, 0.25) is 0 Å². The third-order valence-corrected chi connectivity index (χ3v) is 3.84. The number of benzene rings is 1. The van der Waals surface area contributed by atoms with Gasteiger partial charge in [-0.25, -0.2) is 0 Å². The van der Waals surface area contributed by atoms with E-state index in [1.54, 1.807) is 0 Å². The first-order valence-electron chi connectivity index (χ1n) is 5.71. The van der Waals surface area contributed by atoms with Gasteiger partial charge in [-0.15, -0.1) is 0 Å². The molecule has 1 fully saturated rings. The van der Waals surface area contributed by atoms with Crippen LogP contribution in [-0.2, 0) is 6.54 Å². The maximum absolute atomic E-state index is 2.57. The van der Waals surface area contributed by atoms with E-state index in [0.29, 0.717) is 0 Å². The monoisotopic (exact) mass is 315 g/mol. The summed E-state index contributed by atoms with van der Waals surface area (Å²) in [6.07, 6.45) is 2.73. The van der Waals surface area contributed by atoms with E-state index >= 15 is 0 Å². The number of hydrogen-bond acceptors (Lipinski definition) is 1. The lowest BCUT2D eigenvalue weighted by Crippen LogP contribution is -2.32.